The first-order chi connectivity index (χ1) is 10.7. The quantitative estimate of drug-likeness (QED) is 0.491. The molecule has 0 aromatic rings. The van der Waals surface area contributed by atoms with Gasteiger partial charge in [-0.2, -0.15) is 0 Å². The van der Waals surface area contributed by atoms with Crippen LogP contribution in [-0.4, -0.2) is 59.5 Å². The third kappa shape index (κ3) is 13.2. The molecule has 9 nitrogen and oxygen atoms in total. The first-order valence-electron chi connectivity index (χ1n) is 7.11. The lowest BCUT2D eigenvalue weighted by Gasteiger charge is -2.16. The Morgan fingerprint density at radius 3 is 1.39 bits per heavy atom. The lowest BCUT2D eigenvalue weighted by atomic mass is 10.3. The molecule has 9 heteroatoms. The zero-order valence-corrected chi connectivity index (χ0v) is 13.1. The first kappa shape index (κ1) is 20.8. The molecule has 0 amide bonds. The Morgan fingerprint density at radius 1 is 0.739 bits per heavy atom. The molecule has 0 saturated carbocycles. The summed E-state index contributed by atoms with van der Waals surface area (Å²) in [7, 11) is 0. The zero-order valence-electron chi connectivity index (χ0n) is 13.1. The molecule has 0 aliphatic heterocycles. The van der Waals surface area contributed by atoms with Crippen LogP contribution in [0.2, 0.25) is 0 Å². The predicted molar refractivity (Wildman–Crippen MR) is 75.7 cm³/mol. The highest BCUT2D eigenvalue weighted by atomic mass is 16.6. The summed E-state index contributed by atoms with van der Waals surface area (Å²) in [5.74, 6) is -3.41. The smallest absolute Gasteiger partial charge is 0.306 e. The lowest BCUT2D eigenvalue weighted by Crippen LogP contribution is -2.25. The second-order valence-electron chi connectivity index (χ2n) is 4.93. The molecule has 0 saturated heterocycles. The van der Waals surface area contributed by atoms with Gasteiger partial charge in [-0.1, -0.05) is 0 Å². The molecular weight excluding hydrogens is 312 g/mol. The topological polar surface area (TPSA) is 136 Å². The molecule has 23 heavy (non-hydrogen) atoms. The van der Waals surface area contributed by atoms with Gasteiger partial charge < -0.3 is 24.4 Å². The minimum atomic E-state index is -1.08. The van der Waals surface area contributed by atoms with E-state index in [9.17, 15) is 19.2 Å². The lowest BCUT2D eigenvalue weighted by molar-refractivity contribution is -0.157. The van der Waals surface area contributed by atoms with Crippen molar-refractivity contribution in [2.24, 2.45) is 0 Å². The Hall–Kier alpha value is -2.16. The van der Waals surface area contributed by atoms with Crippen molar-refractivity contribution in [3.8, 4) is 0 Å². The summed E-state index contributed by atoms with van der Waals surface area (Å²) >= 11 is 0. The van der Waals surface area contributed by atoms with Gasteiger partial charge in [0, 0.05) is 0 Å². The number of hydrogen-bond acceptors (Lipinski definition) is 7. The minimum Gasteiger partial charge on any atom is -0.481 e. The van der Waals surface area contributed by atoms with Gasteiger partial charge in [0.15, 0.2) is 0 Å². The van der Waals surface area contributed by atoms with E-state index in [4.69, 9.17) is 24.4 Å². The maximum Gasteiger partial charge on any atom is 0.306 e. The number of ether oxygens (including phenoxy) is 3. The Kier molecular flexibility index (Phi) is 10.3. The van der Waals surface area contributed by atoms with E-state index < -0.39 is 36.1 Å². The molecule has 0 spiro atoms. The summed E-state index contributed by atoms with van der Waals surface area (Å²) in [4.78, 5) is 43.1. The first-order valence-corrected chi connectivity index (χ1v) is 7.11. The van der Waals surface area contributed by atoms with Crippen molar-refractivity contribution < 1.29 is 43.6 Å². The predicted octanol–water partition coefficient (Wildman–Crippen LogP) is 0.596. The summed E-state index contributed by atoms with van der Waals surface area (Å²) in [5, 5.41) is 16.9. The van der Waals surface area contributed by atoms with Crippen LogP contribution in [0.4, 0.5) is 0 Å². The van der Waals surface area contributed by atoms with Crippen molar-refractivity contribution in [3.63, 3.8) is 0 Å². The monoisotopic (exact) mass is 334 g/mol. The molecule has 2 N–H and O–H groups in total. The number of carbonyl (C=O) groups is 4. The molecule has 0 aliphatic carbocycles. The van der Waals surface area contributed by atoms with Gasteiger partial charge in [0.05, 0.1) is 38.9 Å². The molecule has 0 fully saturated rings. The van der Waals surface area contributed by atoms with Gasteiger partial charge in [0.25, 0.3) is 0 Å². The highest BCUT2D eigenvalue weighted by Crippen LogP contribution is 2.02. The van der Waals surface area contributed by atoms with Crippen LogP contribution >= 0.6 is 0 Å². The molecule has 0 rings (SSSR count). The van der Waals surface area contributed by atoms with E-state index in [2.05, 4.69) is 0 Å². The summed E-state index contributed by atoms with van der Waals surface area (Å²) < 4.78 is 15.1. The molecule has 0 heterocycles. The Morgan fingerprint density at radius 2 is 1.09 bits per heavy atom. The summed E-state index contributed by atoms with van der Waals surface area (Å²) in [5.41, 5.74) is 0. The SMILES string of the molecule is CC(COCC(C)OC(=O)CCC(=O)O)OC(=O)CCC(=O)O. The van der Waals surface area contributed by atoms with Crippen molar-refractivity contribution in [2.75, 3.05) is 13.2 Å². The Labute approximate surface area is 133 Å². The minimum absolute atomic E-state index is 0.0653. The number of rotatable bonds is 12. The molecule has 0 aromatic heterocycles. The third-order valence-electron chi connectivity index (χ3n) is 2.46. The zero-order chi connectivity index (χ0) is 17.8. The Balaban J connectivity index is 3.79. The van der Waals surface area contributed by atoms with Crippen LogP contribution < -0.4 is 0 Å². The average molecular weight is 334 g/mol. The largest absolute Gasteiger partial charge is 0.481 e. The maximum atomic E-state index is 11.3. The van der Waals surface area contributed by atoms with E-state index in [0.717, 1.165) is 0 Å². The van der Waals surface area contributed by atoms with Crippen LogP contribution in [0.1, 0.15) is 39.5 Å². The standard InChI is InChI=1S/C14H22O9/c1-9(22-13(19)5-3-11(15)16)7-21-8-10(2)23-14(20)6-4-12(17)18/h9-10H,3-8H2,1-2H3,(H,15,16)(H,17,18). The second-order valence-corrected chi connectivity index (χ2v) is 4.93. The van der Waals surface area contributed by atoms with Crippen LogP contribution in [0.3, 0.4) is 0 Å². The number of carboxylic acids is 2. The van der Waals surface area contributed by atoms with Crippen molar-refractivity contribution in [1.29, 1.82) is 0 Å². The fourth-order valence-corrected chi connectivity index (χ4v) is 1.45. The summed E-state index contributed by atoms with van der Waals surface area (Å²) in [6, 6.07) is 0. The van der Waals surface area contributed by atoms with E-state index in [-0.39, 0.29) is 38.9 Å². The maximum absolute atomic E-state index is 11.3. The van der Waals surface area contributed by atoms with Gasteiger partial charge in [-0.15, -0.1) is 0 Å². The average Bonchev–Trinajstić information content (AvgIpc) is 2.42. The highest BCUT2D eigenvalue weighted by molar-refractivity contribution is 5.77. The van der Waals surface area contributed by atoms with Gasteiger partial charge in [-0.25, -0.2) is 0 Å². The van der Waals surface area contributed by atoms with Crippen molar-refractivity contribution >= 4 is 23.9 Å². The number of esters is 2. The number of aliphatic carboxylic acids is 2. The van der Waals surface area contributed by atoms with E-state index in [1.807, 2.05) is 0 Å². The fraction of sp³-hybridized carbons (Fsp3) is 0.714. The van der Waals surface area contributed by atoms with Gasteiger partial charge in [0.1, 0.15) is 12.2 Å². The van der Waals surface area contributed by atoms with Crippen molar-refractivity contribution in [3.05, 3.63) is 0 Å². The van der Waals surface area contributed by atoms with Crippen LogP contribution in [0.5, 0.6) is 0 Å². The number of carbonyl (C=O) groups excluding carboxylic acids is 2. The normalized spacial score (nSPS) is 13.0. The molecule has 0 radical (unpaired) electrons. The van der Waals surface area contributed by atoms with Crippen LogP contribution in [0.15, 0.2) is 0 Å². The van der Waals surface area contributed by atoms with E-state index in [1.165, 1.54) is 0 Å². The van der Waals surface area contributed by atoms with Crippen molar-refractivity contribution in [2.45, 2.75) is 51.7 Å². The van der Waals surface area contributed by atoms with E-state index in [0.29, 0.717) is 0 Å². The van der Waals surface area contributed by atoms with Crippen LogP contribution in [-0.2, 0) is 33.4 Å². The molecule has 132 valence electrons. The van der Waals surface area contributed by atoms with Crippen LogP contribution in [0, 0.1) is 0 Å². The number of carboxylic acid groups (broad SMARTS) is 2. The fourth-order valence-electron chi connectivity index (χ4n) is 1.45. The Bertz CT molecular complexity index is 380. The van der Waals surface area contributed by atoms with Gasteiger partial charge in [0.2, 0.25) is 0 Å². The molecular formula is C14H22O9. The van der Waals surface area contributed by atoms with Gasteiger partial charge in [-0.3, -0.25) is 19.2 Å². The van der Waals surface area contributed by atoms with E-state index >= 15 is 0 Å². The summed E-state index contributed by atoms with van der Waals surface area (Å²) in [6.45, 7) is 3.30. The third-order valence-corrected chi connectivity index (χ3v) is 2.46. The van der Waals surface area contributed by atoms with Gasteiger partial charge >= 0.3 is 23.9 Å². The highest BCUT2D eigenvalue weighted by Gasteiger charge is 2.14. The second kappa shape index (κ2) is 11.4. The molecule has 0 bridgehead atoms. The van der Waals surface area contributed by atoms with Gasteiger partial charge in [-0.05, 0) is 13.8 Å². The molecule has 2 unspecified atom stereocenters. The summed E-state index contributed by atoms with van der Waals surface area (Å²) in [6.07, 6.45) is -2.14. The molecule has 0 aliphatic rings. The number of hydrogen-bond donors (Lipinski definition) is 2. The van der Waals surface area contributed by atoms with Crippen LogP contribution in [0.25, 0.3) is 0 Å². The van der Waals surface area contributed by atoms with Crippen molar-refractivity contribution in [1.82, 2.24) is 0 Å². The molecule has 2 atom stereocenters. The molecule has 0 aromatic carbocycles. The van der Waals surface area contributed by atoms with E-state index in [1.54, 1.807) is 13.8 Å².